The van der Waals surface area contributed by atoms with E-state index in [2.05, 4.69) is 16.3 Å². The van der Waals surface area contributed by atoms with Crippen LogP contribution in [-0.4, -0.2) is 18.0 Å². The van der Waals surface area contributed by atoms with E-state index in [-0.39, 0.29) is 18.0 Å². The first kappa shape index (κ1) is 15.0. The van der Waals surface area contributed by atoms with Gasteiger partial charge in [-0.05, 0) is 5.56 Å². The summed E-state index contributed by atoms with van der Waals surface area (Å²) in [5, 5.41) is 0. The van der Waals surface area contributed by atoms with Gasteiger partial charge in [-0.2, -0.15) is 0 Å². The second-order valence-corrected chi connectivity index (χ2v) is 6.12. The minimum Gasteiger partial charge on any atom is -0.294 e. The smallest absolute Gasteiger partial charge is 0.277 e. The molecule has 7 heteroatoms. The van der Waals surface area contributed by atoms with Crippen molar-refractivity contribution in [1.29, 1.82) is 0 Å². The van der Waals surface area contributed by atoms with Gasteiger partial charge in [0.15, 0.2) is 0 Å². The molecule has 0 saturated heterocycles. The lowest BCUT2D eigenvalue weighted by atomic mass is 10.2. The Kier molecular flexibility index (Phi) is 4.54. The number of sulfonamides is 1. The predicted octanol–water partition coefficient (Wildman–Crippen LogP) is 1.37. The second-order valence-electron chi connectivity index (χ2n) is 4.40. The quantitative estimate of drug-likeness (QED) is 0.817. The summed E-state index contributed by atoms with van der Waals surface area (Å²) in [5.74, 6) is -0.205. The van der Waals surface area contributed by atoms with Crippen molar-refractivity contribution in [2.24, 2.45) is 0 Å². The Morgan fingerprint density at radius 2 is 2.00 bits per heavy atom. The van der Waals surface area contributed by atoms with Crippen LogP contribution in [0.25, 0.3) is 0 Å². The topological polar surface area (TPSA) is 81.1 Å². The molecule has 0 amide bonds. The predicted molar refractivity (Wildman–Crippen MR) is 81.4 cm³/mol. The highest BCUT2D eigenvalue weighted by Crippen LogP contribution is 2.08. The number of hydrogen-bond acceptors (Lipinski definition) is 4. The van der Waals surface area contributed by atoms with Gasteiger partial charge in [-0.25, -0.2) is 13.4 Å². The molecule has 1 N–H and O–H groups in total. The maximum atomic E-state index is 12.1. The van der Waals surface area contributed by atoms with E-state index < -0.39 is 15.6 Å². The number of anilines is 1. The number of rotatable bonds is 6. The molecular weight excluding hydrogens is 290 g/mol. The Hall–Kier alpha value is -2.41. The van der Waals surface area contributed by atoms with Gasteiger partial charge < -0.3 is 0 Å². The van der Waals surface area contributed by atoms with Gasteiger partial charge in [-0.15, -0.1) is 6.58 Å². The van der Waals surface area contributed by atoms with Crippen molar-refractivity contribution in [2.45, 2.75) is 12.3 Å². The van der Waals surface area contributed by atoms with Crippen LogP contribution in [0.3, 0.4) is 0 Å². The maximum Gasteiger partial charge on any atom is 0.277 e. The van der Waals surface area contributed by atoms with E-state index in [0.29, 0.717) is 5.56 Å². The standard InChI is InChI=1S/C14H15N3O3S/c1-2-8-17-11-15-9-13(14(17)18)16-21(19,20)10-12-6-4-3-5-7-12/h2-7,9,11,16H,1,8,10H2. The third kappa shape index (κ3) is 4.03. The maximum absolute atomic E-state index is 12.1. The Bertz CT molecular complexity index is 783. The molecule has 6 nitrogen and oxygen atoms in total. The van der Waals surface area contributed by atoms with E-state index in [1.807, 2.05) is 0 Å². The third-order valence-corrected chi connectivity index (χ3v) is 3.94. The van der Waals surface area contributed by atoms with Crippen molar-refractivity contribution in [3.8, 4) is 0 Å². The van der Waals surface area contributed by atoms with Crippen LogP contribution >= 0.6 is 0 Å². The fourth-order valence-electron chi connectivity index (χ4n) is 1.79. The van der Waals surface area contributed by atoms with Gasteiger partial charge in [-0.1, -0.05) is 36.4 Å². The van der Waals surface area contributed by atoms with Crippen LogP contribution in [-0.2, 0) is 22.3 Å². The molecular formula is C14H15N3O3S. The highest BCUT2D eigenvalue weighted by Gasteiger charge is 2.14. The van der Waals surface area contributed by atoms with Crippen LogP contribution < -0.4 is 10.3 Å². The van der Waals surface area contributed by atoms with Gasteiger partial charge in [0.25, 0.3) is 5.56 Å². The SMILES string of the molecule is C=CCn1cncc(NS(=O)(=O)Cc2ccccc2)c1=O. The van der Waals surface area contributed by atoms with E-state index in [0.717, 1.165) is 0 Å². The van der Waals surface area contributed by atoms with Gasteiger partial charge in [0.1, 0.15) is 5.69 Å². The molecule has 0 aliphatic rings. The molecule has 0 radical (unpaired) electrons. The first-order valence-corrected chi connectivity index (χ1v) is 7.87. The lowest BCUT2D eigenvalue weighted by Gasteiger charge is -2.09. The van der Waals surface area contributed by atoms with Crippen molar-refractivity contribution in [1.82, 2.24) is 9.55 Å². The average molecular weight is 305 g/mol. The van der Waals surface area contributed by atoms with Crippen LogP contribution in [0.4, 0.5) is 5.69 Å². The zero-order valence-corrected chi connectivity index (χ0v) is 12.1. The lowest BCUT2D eigenvalue weighted by molar-refractivity contribution is 0.600. The number of nitrogens with one attached hydrogen (secondary N) is 1. The molecule has 0 unspecified atom stereocenters. The molecule has 0 bridgehead atoms. The van der Waals surface area contributed by atoms with Crippen LogP contribution in [0.1, 0.15) is 5.56 Å². The molecule has 21 heavy (non-hydrogen) atoms. The Labute approximate surface area is 122 Å². The normalized spacial score (nSPS) is 11.0. The Balaban J connectivity index is 2.23. The number of hydrogen-bond donors (Lipinski definition) is 1. The second kappa shape index (κ2) is 6.36. The molecule has 0 saturated carbocycles. The van der Waals surface area contributed by atoms with E-state index in [1.54, 1.807) is 30.3 Å². The van der Waals surface area contributed by atoms with Gasteiger partial charge in [0.05, 0.1) is 18.3 Å². The molecule has 0 aliphatic carbocycles. The minimum atomic E-state index is -3.67. The van der Waals surface area contributed by atoms with Crippen LogP contribution in [0, 0.1) is 0 Å². The molecule has 1 aromatic heterocycles. The van der Waals surface area contributed by atoms with Crippen molar-refractivity contribution in [3.63, 3.8) is 0 Å². The van der Waals surface area contributed by atoms with Crippen LogP contribution in [0.5, 0.6) is 0 Å². The third-order valence-electron chi connectivity index (χ3n) is 2.69. The number of nitrogens with zero attached hydrogens (tertiary/aromatic N) is 2. The van der Waals surface area contributed by atoms with E-state index >= 15 is 0 Å². The van der Waals surface area contributed by atoms with E-state index in [1.165, 1.54) is 23.2 Å². The van der Waals surface area contributed by atoms with Gasteiger partial charge in [-0.3, -0.25) is 14.1 Å². The Morgan fingerprint density at radius 1 is 1.29 bits per heavy atom. The number of aromatic nitrogens is 2. The number of benzene rings is 1. The molecule has 0 aliphatic heterocycles. The molecule has 1 heterocycles. The fraction of sp³-hybridized carbons (Fsp3) is 0.143. The summed E-state index contributed by atoms with van der Waals surface area (Å²) in [5.41, 5.74) is 0.108. The lowest BCUT2D eigenvalue weighted by Crippen LogP contribution is -2.26. The summed E-state index contributed by atoms with van der Waals surface area (Å²) in [7, 11) is -3.67. The van der Waals surface area contributed by atoms with Crippen LogP contribution in [0.2, 0.25) is 0 Å². The molecule has 0 fully saturated rings. The van der Waals surface area contributed by atoms with Crippen molar-refractivity contribution in [2.75, 3.05) is 4.72 Å². The summed E-state index contributed by atoms with van der Waals surface area (Å²) in [6, 6.07) is 8.73. The minimum absolute atomic E-state index is 0.0738. The first-order valence-electron chi connectivity index (χ1n) is 6.21. The van der Waals surface area contributed by atoms with E-state index in [4.69, 9.17) is 0 Å². The molecule has 2 rings (SSSR count). The first-order chi connectivity index (χ1) is 10.0. The molecule has 1 aromatic carbocycles. The average Bonchev–Trinajstić information content (AvgIpc) is 2.44. The molecule has 110 valence electrons. The fourth-order valence-corrected chi connectivity index (χ4v) is 2.97. The summed E-state index contributed by atoms with van der Waals surface area (Å²) in [6.45, 7) is 3.79. The largest absolute Gasteiger partial charge is 0.294 e. The van der Waals surface area contributed by atoms with Crippen LogP contribution in [0.15, 0.2) is 60.3 Å². The Morgan fingerprint density at radius 3 is 2.67 bits per heavy atom. The zero-order chi connectivity index (χ0) is 15.3. The summed E-state index contributed by atoms with van der Waals surface area (Å²) in [4.78, 5) is 15.9. The molecule has 0 spiro atoms. The monoisotopic (exact) mass is 305 g/mol. The van der Waals surface area contributed by atoms with Crippen molar-refractivity contribution in [3.05, 3.63) is 71.4 Å². The molecule has 0 atom stereocenters. The van der Waals surface area contributed by atoms with E-state index in [9.17, 15) is 13.2 Å². The van der Waals surface area contributed by atoms with Gasteiger partial charge >= 0.3 is 0 Å². The molecule has 2 aromatic rings. The summed E-state index contributed by atoms with van der Waals surface area (Å²) in [6.07, 6.45) is 4.06. The van der Waals surface area contributed by atoms with Gasteiger partial charge in [0, 0.05) is 6.54 Å². The summed E-state index contributed by atoms with van der Waals surface area (Å²) >= 11 is 0. The van der Waals surface area contributed by atoms with Crippen molar-refractivity contribution >= 4 is 15.7 Å². The highest BCUT2D eigenvalue weighted by atomic mass is 32.2. The summed E-state index contributed by atoms with van der Waals surface area (Å²) < 4.78 is 27.7. The number of allylic oxidation sites excluding steroid dienone is 1. The van der Waals surface area contributed by atoms with Crippen molar-refractivity contribution < 1.29 is 8.42 Å². The van der Waals surface area contributed by atoms with Gasteiger partial charge in [0.2, 0.25) is 10.0 Å². The highest BCUT2D eigenvalue weighted by molar-refractivity contribution is 7.91. The zero-order valence-electron chi connectivity index (χ0n) is 11.3.